The zero-order valence-electron chi connectivity index (χ0n) is 11.8. The Morgan fingerprint density at radius 3 is 2.15 bits per heavy atom. The van der Waals surface area contributed by atoms with Crippen LogP contribution in [0.5, 0.6) is 11.5 Å². The van der Waals surface area contributed by atoms with Crippen LogP contribution in [0.3, 0.4) is 0 Å². The second-order valence-electron chi connectivity index (χ2n) is 5.28. The van der Waals surface area contributed by atoms with Gasteiger partial charge in [-0.3, -0.25) is 4.79 Å². The van der Waals surface area contributed by atoms with Crippen molar-refractivity contribution >= 4 is 5.78 Å². The zero-order chi connectivity index (χ0) is 14.9. The van der Waals surface area contributed by atoms with Gasteiger partial charge < -0.3 is 10.2 Å². The Hall–Kier alpha value is -2.29. The van der Waals surface area contributed by atoms with Crippen molar-refractivity contribution in [3.8, 4) is 11.5 Å². The van der Waals surface area contributed by atoms with Gasteiger partial charge in [0.05, 0.1) is 5.56 Å². The number of phenolic OH excluding ortho intramolecular Hbond substituents is 2. The number of carbonyl (C=O) groups is 1. The highest BCUT2D eigenvalue weighted by atomic mass is 16.3. The second-order valence-corrected chi connectivity index (χ2v) is 5.28. The SMILES string of the molecule is Cc1ccc(C(=O)c2cc(C(C)C)c(O)cc2O)cc1. The third-order valence-corrected chi connectivity index (χ3v) is 3.33. The molecule has 0 spiro atoms. The normalized spacial score (nSPS) is 10.8. The van der Waals surface area contributed by atoms with Crippen molar-refractivity contribution in [1.82, 2.24) is 0 Å². The average Bonchev–Trinajstić information content (AvgIpc) is 2.38. The van der Waals surface area contributed by atoms with E-state index in [9.17, 15) is 15.0 Å². The number of hydrogen-bond donors (Lipinski definition) is 2. The van der Waals surface area contributed by atoms with Gasteiger partial charge in [-0.25, -0.2) is 0 Å². The van der Waals surface area contributed by atoms with Crippen molar-refractivity contribution in [3.05, 3.63) is 58.7 Å². The molecule has 3 nitrogen and oxygen atoms in total. The lowest BCUT2D eigenvalue weighted by molar-refractivity contribution is 0.103. The van der Waals surface area contributed by atoms with Gasteiger partial charge in [0.25, 0.3) is 0 Å². The van der Waals surface area contributed by atoms with E-state index in [0.29, 0.717) is 11.1 Å². The highest BCUT2D eigenvalue weighted by Crippen LogP contribution is 2.33. The first-order chi connectivity index (χ1) is 9.40. The topological polar surface area (TPSA) is 57.5 Å². The number of phenols is 2. The lowest BCUT2D eigenvalue weighted by Gasteiger charge is -2.12. The fraction of sp³-hybridized carbons (Fsp3) is 0.235. The van der Waals surface area contributed by atoms with Crippen LogP contribution in [0.25, 0.3) is 0 Å². The number of hydrogen-bond acceptors (Lipinski definition) is 3. The molecule has 0 aliphatic heterocycles. The van der Waals surface area contributed by atoms with Gasteiger partial charge in [0.15, 0.2) is 5.78 Å². The summed E-state index contributed by atoms with van der Waals surface area (Å²) < 4.78 is 0. The van der Waals surface area contributed by atoms with Crippen LogP contribution in [0.4, 0.5) is 0 Å². The van der Waals surface area contributed by atoms with Gasteiger partial charge in [-0.1, -0.05) is 43.7 Å². The molecule has 2 rings (SSSR count). The molecule has 0 atom stereocenters. The molecule has 104 valence electrons. The fourth-order valence-electron chi connectivity index (χ4n) is 2.10. The summed E-state index contributed by atoms with van der Waals surface area (Å²) in [5, 5.41) is 19.7. The Balaban J connectivity index is 2.49. The van der Waals surface area contributed by atoms with E-state index in [1.807, 2.05) is 32.9 Å². The van der Waals surface area contributed by atoms with Crippen LogP contribution in [-0.2, 0) is 0 Å². The van der Waals surface area contributed by atoms with E-state index in [-0.39, 0.29) is 28.8 Å². The van der Waals surface area contributed by atoms with Gasteiger partial charge in [-0.2, -0.15) is 0 Å². The minimum atomic E-state index is -0.246. The molecule has 0 aliphatic rings. The molecule has 2 N–H and O–H groups in total. The Bertz CT molecular complexity index is 640. The molecule has 0 aromatic heterocycles. The number of ketones is 1. The summed E-state index contributed by atoms with van der Waals surface area (Å²) in [4.78, 5) is 12.4. The lowest BCUT2D eigenvalue weighted by Crippen LogP contribution is -2.03. The molecule has 0 aliphatic carbocycles. The van der Waals surface area contributed by atoms with E-state index in [2.05, 4.69) is 0 Å². The van der Waals surface area contributed by atoms with E-state index in [4.69, 9.17) is 0 Å². The van der Waals surface area contributed by atoms with E-state index >= 15 is 0 Å². The smallest absolute Gasteiger partial charge is 0.196 e. The van der Waals surface area contributed by atoms with Crippen molar-refractivity contribution in [3.63, 3.8) is 0 Å². The highest BCUT2D eigenvalue weighted by Gasteiger charge is 2.18. The predicted molar refractivity (Wildman–Crippen MR) is 78.5 cm³/mol. The minimum absolute atomic E-state index is 0.0120. The molecular formula is C17H18O3. The molecule has 0 radical (unpaired) electrons. The van der Waals surface area contributed by atoms with Crippen molar-refractivity contribution < 1.29 is 15.0 Å². The largest absolute Gasteiger partial charge is 0.508 e. The van der Waals surface area contributed by atoms with E-state index < -0.39 is 0 Å². The van der Waals surface area contributed by atoms with Crippen LogP contribution < -0.4 is 0 Å². The highest BCUT2D eigenvalue weighted by molar-refractivity contribution is 6.10. The molecule has 3 heteroatoms. The molecule has 20 heavy (non-hydrogen) atoms. The van der Waals surface area contributed by atoms with Gasteiger partial charge in [-0.05, 0) is 24.5 Å². The third-order valence-electron chi connectivity index (χ3n) is 3.33. The molecule has 0 unspecified atom stereocenters. The fourth-order valence-corrected chi connectivity index (χ4v) is 2.10. The number of rotatable bonds is 3. The summed E-state index contributed by atoms with van der Waals surface area (Å²) in [7, 11) is 0. The molecule has 0 fully saturated rings. The zero-order valence-corrected chi connectivity index (χ0v) is 11.8. The molecule has 0 saturated heterocycles. The summed E-state index contributed by atoms with van der Waals surface area (Å²) in [6, 6.07) is 9.98. The summed E-state index contributed by atoms with van der Waals surface area (Å²) in [6.07, 6.45) is 0. The van der Waals surface area contributed by atoms with Crippen LogP contribution in [0, 0.1) is 6.92 Å². The first-order valence-corrected chi connectivity index (χ1v) is 6.57. The van der Waals surface area contributed by atoms with E-state index in [1.54, 1.807) is 18.2 Å². The number of carbonyl (C=O) groups excluding carboxylic acids is 1. The van der Waals surface area contributed by atoms with Crippen LogP contribution in [0.15, 0.2) is 36.4 Å². The Morgan fingerprint density at radius 1 is 1.00 bits per heavy atom. The number of aryl methyl sites for hydroxylation is 1. The Labute approximate surface area is 118 Å². The van der Waals surface area contributed by atoms with Crippen LogP contribution in [0.2, 0.25) is 0 Å². The molecule has 0 bridgehead atoms. The number of benzene rings is 2. The number of aromatic hydroxyl groups is 2. The Morgan fingerprint density at radius 2 is 1.60 bits per heavy atom. The maximum absolute atomic E-state index is 12.4. The summed E-state index contributed by atoms with van der Waals surface area (Å²) in [6.45, 7) is 5.79. The molecule has 2 aromatic rings. The van der Waals surface area contributed by atoms with Crippen LogP contribution in [0.1, 0.15) is 46.8 Å². The van der Waals surface area contributed by atoms with Crippen molar-refractivity contribution in [2.45, 2.75) is 26.7 Å². The maximum Gasteiger partial charge on any atom is 0.196 e. The quantitative estimate of drug-likeness (QED) is 0.835. The molecule has 2 aromatic carbocycles. The monoisotopic (exact) mass is 270 g/mol. The molecule has 0 heterocycles. The lowest BCUT2D eigenvalue weighted by atomic mass is 9.95. The minimum Gasteiger partial charge on any atom is -0.508 e. The van der Waals surface area contributed by atoms with Gasteiger partial charge in [0.2, 0.25) is 0 Å². The van der Waals surface area contributed by atoms with Gasteiger partial charge in [-0.15, -0.1) is 0 Å². The van der Waals surface area contributed by atoms with E-state index in [0.717, 1.165) is 5.56 Å². The predicted octanol–water partition coefficient (Wildman–Crippen LogP) is 3.76. The Kier molecular flexibility index (Phi) is 3.79. The third kappa shape index (κ3) is 2.67. The molecule has 0 saturated carbocycles. The van der Waals surface area contributed by atoms with Crippen LogP contribution >= 0.6 is 0 Å². The average molecular weight is 270 g/mol. The molecular weight excluding hydrogens is 252 g/mol. The standard InChI is InChI=1S/C17H18O3/c1-10(2)13-8-14(16(19)9-15(13)18)17(20)12-6-4-11(3)5-7-12/h4-10,18-19H,1-3H3. The van der Waals surface area contributed by atoms with Crippen molar-refractivity contribution in [2.75, 3.05) is 0 Å². The summed E-state index contributed by atoms with van der Waals surface area (Å²) in [5.41, 5.74) is 2.46. The first kappa shape index (κ1) is 14.1. The maximum atomic E-state index is 12.4. The first-order valence-electron chi connectivity index (χ1n) is 6.57. The van der Waals surface area contributed by atoms with Crippen molar-refractivity contribution in [2.24, 2.45) is 0 Å². The van der Waals surface area contributed by atoms with E-state index in [1.165, 1.54) is 6.07 Å². The summed E-state index contributed by atoms with van der Waals surface area (Å²) in [5.74, 6) is -0.361. The van der Waals surface area contributed by atoms with Crippen molar-refractivity contribution in [1.29, 1.82) is 0 Å². The summed E-state index contributed by atoms with van der Waals surface area (Å²) >= 11 is 0. The van der Waals surface area contributed by atoms with Gasteiger partial charge >= 0.3 is 0 Å². The van der Waals surface area contributed by atoms with Gasteiger partial charge in [0, 0.05) is 11.6 Å². The van der Waals surface area contributed by atoms with Gasteiger partial charge in [0.1, 0.15) is 11.5 Å². The molecule has 0 amide bonds. The second kappa shape index (κ2) is 5.37. The van der Waals surface area contributed by atoms with Crippen LogP contribution in [-0.4, -0.2) is 16.0 Å².